The van der Waals surface area contributed by atoms with Crippen LogP contribution < -0.4 is 15.6 Å². The van der Waals surface area contributed by atoms with Crippen molar-refractivity contribution in [3.63, 3.8) is 0 Å². The molecule has 1 unspecified atom stereocenters. The number of halogens is 3. The van der Waals surface area contributed by atoms with E-state index in [0.29, 0.717) is 5.75 Å². The Morgan fingerprint density at radius 2 is 1.71 bits per heavy atom. The number of hydrogen-bond donors (Lipinski definition) is 1. The Kier molecular flexibility index (Phi) is 7.67. The first-order valence-electron chi connectivity index (χ1n) is 10.1. The summed E-state index contributed by atoms with van der Waals surface area (Å²) < 4.78 is 50.8. The average molecular weight is 475 g/mol. The van der Waals surface area contributed by atoms with Gasteiger partial charge in [-0.1, -0.05) is 30.3 Å². The number of nitrogens with zero attached hydrogens (tertiary/aromatic N) is 2. The van der Waals surface area contributed by atoms with E-state index in [-0.39, 0.29) is 18.8 Å². The standard InChI is InChI=1S/C23H20F3N3O5/c1-15(21(31)27-18-10-6-5-9-17(18)23(24,25)26)34-22(32)19-11-12-20(30)29(28-19)13-14-33-16-7-3-2-4-8-16/h2-12,15H,13-14H2,1H3,(H,27,31). The van der Waals surface area contributed by atoms with Crippen molar-refractivity contribution in [1.82, 2.24) is 9.78 Å². The maximum atomic E-state index is 13.1. The van der Waals surface area contributed by atoms with E-state index >= 15 is 0 Å². The van der Waals surface area contributed by atoms with Crippen LogP contribution in [0.3, 0.4) is 0 Å². The molecule has 8 nitrogen and oxygen atoms in total. The number of carbonyl (C=O) groups excluding carboxylic acids is 2. The molecule has 1 amide bonds. The summed E-state index contributed by atoms with van der Waals surface area (Å²) in [6, 6.07) is 15.5. The number of aromatic nitrogens is 2. The van der Waals surface area contributed by atoms with Crippen molar-refractivity contribution in [2.45, 2.75) is 25.7 Å². The zero-order valence-corrected chi connectivity index (χ0v) is 17.9. The molecular weight excluding hydrogens is 455 g/mol. The van der Waals surface area contributed by atoms with Crippen molar-refractivity contribution < 1.29 is 32.2 Å². The van der Waals surface area contributed by atoms with Gasteiger partial charge in [-0.3, -0.25) is 9.59 Å². The van der Waals surface area contributed by atoms with Crippen LogP contribution in [-0.4, -0.2) is 34.4 Å². The summed E-state index contributed by atoms with van der Waals surface area (Å²) >= 11 is 0. The van der Waals surface area contributed by atoms with Gasteiger partial charge in [-0.05, 0) is 37.3 Å². The molecule has 0 aliphatic heterocycles. The van der Waals surface area contributed by atoms with Gasteiger partial charge in [0.1, 0.15) is 12.4 Å². The molecule has 178 valence electrons. The van der Waals surface area contributed by atoms with Crippen molar-refractivity contribution in [3.05, 3.63) is 88.3 Å². The maximum absolute atomic E-state index is 13.1. The third-order valence-corrected chi connectivity index (χ3v) is 4.53. The average Bonchev–Trinajstić information content (AvgIpc) is 2.80. The minimum Gasteiger partial charge on any atom is -0.492 e. The van der Waals surface area contributed by atoms with E-state index in [0.717, 1.165) is 28.9 Å². The molecule has 0 spiro atoms. The monoisotopic (exact) mass is 475 g/mol. The van der Waals surface area contributed by atoms with Crippen LogP contribution in [0.5, 0.6) is 5.75 Å². The van der Waals surface area contributed by atoms with Gasteiger partial charge in [0.2, 0.25) is 0 Å². The first kappa shape index (κ1) is 24.5. The molecule has 0 fully saturated rings. The minimum absolute atomic E-state index is 0.0408. The summed E-state index contributed by atoms with van der Waals surface area (Å²) in [6.45, 7) is 1.35. The van der Waals surface area contributed by atoms with Crippen LogP contribution in [0.25, 0.3) is 0 Å². The molecule has 0 saturated heterocycles. The summed E-state index contributed by atoms with van der Waals surface area (Å²) in [4.78, 5) is 36.7. The van der Waals surface area contributed by atoms with Crippen molar-refractivity contribution >= 4 is 17.6 Å². The highest BCUT2D eigenvalue weighted by Crippen LogP contribution is 2.34. The fourth-order valence-corrected chi connectivity index (χ4v) is 2.83. The lowest BCUT2D eigenvalue weighted by Crippen LogP contribution is -2.32. The number of rotatable bonds is 8. The molecular formula is C23H20F3N3O5. The molecule has 0 bridgehead atoms. The Labute approximate surface area is 191 Å². The Morgan fingerprint density at radius 1 is 1.03 bits per heavy atom. The van der Waals surface area contributed by atoms with Crippen LogP contribution in [0.15, 0.2) is 71.5 Å². The molecule has 0 radical (unpaired) electrons. The minimum atomic E-state index is -4.67. The van der Waals surface area contributed by atoms with Gasteiger partial charge >= 0.3 is 12.1 Å². The van der Waals surface area contributed by atoms with Crippen LogP contribution in [0.1, 0.15) is 23.0 Å². The number of nitrogens with one attached hydrogen (secondary N) is 1. The van der Waals surface area contributed by atoms with Gasteiger partial charge in [-0.15, -0.1) is 0 Å². The van der Waals surface area contributed by atoms with Crippen LogP contribution in [0, 0.1) is 0 Å². The number of anilines is 1. The number of para-hydroxylation sites is 2. The van der Waals surface area contributed by atoms with Crippen molar-refractivity contribution in [2.75, 3.05) is 11.9 Å². The third kappa shape index (κ3) is 6.44. The fraction of sp³-hybridized carbons (Fsp3) is 0.217. The molecule has 1 heterocycles. The highest BCUT2D eigenvalue weighted by molar-refractivity contribution is 5.97. The molecule has 34 heavy (non-hydrogen) atoms. The summed E-state index contributed by atoms with van der Waals surface area (Å²) in [6.07, 6.45) is -6.11. The topological polar surface area (TPSA) is 99.5 Å². The largest absolute Gasteiger partial charge is 0.492 e. The third-order valence-electron chi connectivity index (χ3n) is 4.53. The van der Waals surface area contributed by atoms with E-state index in [4.69, 9.17) is 9.47 Å². The Balaban J connectivity index is 1.62. The van der Waals surface area contributed by atoms with Gasteiger partial charge < -0.3 is 14.8 Å². The molecule has 0 aliphatic rings. The van der Waals surface area contributed by atoms with Gasteiger partial charge in [0.15, 0.2) is 11.8 Å². The van der Waals surface area contributed by atoms with Gasteiger partial charge in [-0.2, -0.15) is 18.3 Å². The van der Waals surface area contributed by atoms with Gasteiger partial charge in [-0.25, -0.2) is 9.48 Å². The number of esters is 1. The van der Waals surface area contributed by atoms with Crippen LogP contribution in [0.4, 0.5) is 18.9 Å². The number of ether oxygens (including phenoxy) is 2. The lowest BCUT2D eigenvalue weighted by atomic mass is 10.1. The van der Waals surface area contributed by atoms with Crippen molar-refractivity contribution in [1.29, 1.82) is 0 Å². The zero-order chi connectivity index (χ0) is 24.7. The second-order valence-corrected chi connectivity index (χ2v) is 7.02. The van der Waals surface area contributed by atoms with Gasteiger partial charge in [0, 0.05) is 6.07 Å². The van der Waals surface area contributed by atoms with Crippen molar-refractivity contribution in [3.8, 4) is 5.75 Å². The second-order valence-electron chi connectivity index (χ2n) is 7.02. The van der Waals surface area contributed by atoms with E-state index in [1.807, 2.05) is 6.07 Å². The van der Waals surface area contributed by atoms with E-state index in [1.54, 1.807) is 24.3 Å². The predicted octanol–water partition coefficient (Wildman–Crippen LogP) is 3.53. The Morgan fingerprint density at radius 3 is 2.41 bits per heavy atom. The first-order valence-corrected chi connectivity index (χ1v) is 10.1. The normalized spacial score (nSPS) is 12.0. The van der Waals surface area contributed by atoms with Crippen LogP contribution in [0.2, 0.25) is 0 Å². The lowest BCUT2D eigenvalue weighted by molar-refractivity contribution is -0.137. The van der Waals surface area contributed by atoms with Gasteiger partial charge in [0.05, 0.1) is 17.8 Å². The molecule has 0 saturated carbocycles. The SMILES string of the molecule is CC(OC(=O)c1ccc(=O)n(CCOc2ccccc2)n1)C(=O)Nc1ccccc1C(F)(F)F. The highest BCUT2D eigenvalue weighted by atomic mass is 19.4. The Hall–Kier alpha value is -4.15. The lowest BCUT2D eigenvalue weighted by Gasteiger charge is -2.16. The van der Waals surface area contributed by atoms with Gasteiger partial charge in [0.25, 0.3) is 11.5 Å². The van der Waals surface area contributed by atoms with Crippen molar-refractivity contribution in [2.24, 2.45) is 0 Å². The highest BCUT2D eigenvalue weighted by Gasteiger charge is 2.34. The summed E-state index contributed by atoms with van der Waals surface area (Å²) in [7, 11) is 0. The summed E-state index contributed by atoms with van der Waals surface area (Å²) in [5, 5.41) is 6.02. The molecule has 1 N–H and O–H groups in total. The number of alkyl halides is 3. The number of hydrogen-bond acceptors (Lipinski definition) is 6. The smallest absolute Gasteiger partial charge is 0.418 e. The molecule has 3 rings (SSSR count). The second kappa shape index (κ2) is 10.6. The van der Waals surface area contributed by atoms with E-state index in [1.165, 1.54) is 19.1 Å². The molecule has 1 aromatic heterocycles. The van der Waals surface area contributed by atoms with Crippen LogP contribution in [-0.2, 0) is 22.3 Å². The zero-order valence-electron chi connectivity index (χ0n) is 17.9. The number of carbonyl (C=O) groups is 2. The van der Waals surface area contributed by atoms with E-state index in [9.17, 15) is 27.6 Å². The Bertz CT molecular complexity index is 1210. The van der Waals surface area contributed by atoms with E-state index < -0.39 is 41.0 Å². The predicted molar refractivity (Wildman–Crippen MR) is 115 cm³/mol. The molecule has 11 heteroatoms. The van der Waals surface area contributed by atoms with Crippen LogP contribution >= 0.6 is 0 Å². The molecule has 1 atom stereocenters. The first-order chi connectivity index (χ1) is 16.1. The molecule has 3 aromatic rings. The maximum Gasteiger partial charge on any atom is 0.418 e. The summed E-state index contributed by atoms with van der Waals surface area (Å²) in [5.74, 6) is -1.39. The number of amides is 1. The summed E-state index contributed by atoms with van der Waals surface area (Å²) in [5.41, 5.74) is -2.24. The van der Waals surface area contributed by atoms with E-state index in [2.05, 4.69) is 10.4 Å². The molecule has 2 aromatic carbocycles. The molecule has 0 aliphatic carbocycles. The number of benzene rings is 2. The fourth-order valence-electron chi connectivity index (χ4n) is 2.83. The quantitative estimate of drug-likeness (QED) is 0.501.